The highest BCUT2D eigenvalue weighted by molar-refractivity contribution is 7.10. The molecule has 0 radical (unpaired) electrons. The number of carbonyl (C=O) groups is 1. The van der Waals surface area contributed by atoms with E-state index in [2.05, 4.69) is 18.4 Å². The number of amides is 1. The number of nitrogens with zero attached hydrogens (tertiary/aromatic N) is 1. The molecule has 0 saturated carbocycles. The number of hydrogen-bond donors (Lipinski definition) is 1. The molecule has 0 bridgehead atoms. The molecule has 88 valence electrons. The first-order chi connectivity index (χ1) is 7.59. The highest BCUT2D eigenvalue weighted by Crippen LogP contribution is 2.33. The van der Waals surface area contributed by atoms with Crippen LogP contribution < -0.4 is 5.73 Å². The van der Waals surface area contributed by atoms with E-state index in [0.717, 1.165) is 13.0 Å². The van der Waals surface area contributed by atoms with Crippen molar-refractivity contribution in [3.63, 3.8) is 0 Å². The lowest BCUT2D eigenvalue weighted by molar-refractivity contribution is -0.134. The summed E-state index contributed by atoms with van der Waals surface area (Å²) >= 11 is 1.79. The van der Waals surface area contributed by atoms with E-state index in [1.165, 1.54) is 10.4 Å². The fourth-order valence-corrected chi connectivity index (χ4v) is 3.21. The third kappa shape index (κ3) is 2.13. The van der Waals surface area contributed by atoms with Gasteiger partial charge in [0.1, 0.15) is 0 Å². The van der Waals surface area contributed by atoms with E-state index in [1.54, 1.807) is 11.3 Å². The number of hydrogen-bond acceptors (Lipinski definition) is 3. The van der Waals surface area contributed by atoms with Crippen LogP contribution >= 0.6 is 11.3 Å². The number of fused-ring (bicyclic) bond motifs is 1. The van der Waals surface area contributed by atoms with Gasteiger partial charge in [0.15, 0.2) is 0 Å². The second-order valence-electron chi connectivity index (χ2n) is 4.49. The molecule has 2 N–H and O–H groups in total. The monoisotopic (exact) mass is 238 g/mol. The SMILES string of the molecule is CC(N)CC(=O)N1CCc2sccc2C1C. The van der Waals surface area contributed by atoms with Crippen LogP contribution in [0.4, 0.5) is 0 Å². The number of carbonyl (C=O) groups excluding carboxylic acids is 1. The Hall–Kier alpha value is -0.870. The van der Waals surface area contributed by atoms with Gasteiger partial charge in [0.05, 0.1) is 6.04 Å². The van der Waals surface area contributed by atoms with Gasteiger partial charge in [-0.15, -0.1) is 11.3 Å². The zero-order valence-electron chi connectivity index (χ0n) is 9.77. The molecule has 2 unspecified atom stereocenters. The molecule has 2 atom stereocenters. The highest BCUT2D eigenvalue weighted by Gasteiger charge is 2.28. The van der Waals surface area contributed by atoms with Crippen LogP contribution in [0.25, 0.3) is 0 Å². The normalized spacial score (nSPS) is 21.7. The van der Waals surface area contributed by atoms with Gasteiger partial charge in [-0.3, -0.25) is 4.79 Å². The van der Waals surface area contributed by atoms with E-state index < -0.39 is 0 Å². The molecule has 1 amide bonds. The van der Waals surface area contributed by atoms with Crippen LogP contribution in [0, 0.1) is 0 Å². The Morgan fingerprint density at radius 2 is 2.50 bits per heavy atom. The Morgan fingerprint density at radius 1 is 1.75 bits per heavy atom. The Balaban J connectivity index is 2.12. The molecule has 4 heteroatoms. The minimum absolute atomic E-state index is 0.0522. The predicted molar refractivity (Wildman–Crippen MR) is 66.4 cm³/mol. The summed E-state index contributed by atoms with van der Waals surface area (Å²) in [7, 11) is 0. The van der Waals surface area contributed by atoms with Crippen molar-refractivity contribution in [2.24, 2.45) is 5.73 Å². The first-order valence-electron chi connectivity index (χ1n) is 5.71. The van der Waals surface area contributed by atoms with Gasteiger partial charge in [-0.05, 0) is 37.3 Å². The number of nitrogens with two attached hydrogens (primary N) is 1. The molecule has 1 aliphatic heterocycles. The predicted octanol–water partition coefficient (Wildman–Crippen LogP) is 1.93. The average molecular weight is 238 g/mol. The molecule has 3 nitrogen and oxygen atoms in total. The third-order valence-corrected chi connectivity index (χ3v) is 4.09. The molecule has 16 heavy (non-hydrogen) atoms. The molecule has 2 heterocycles. The first-order valence-corrected chi connectivity index (χ1v) is 6.59. The molecule has 0 spiro atoms. The topological polar surface area (TPSA) is 46.3 Å². The smallest absolute Gasteiger partial charge is 0.224 e. The zero-order chi connectivity index (χ0) is 11.7. The highest BCUT2D eigenvalue weighted by atomic mass is 32.1. The van der Waals surface area contributed by atoms with Gasteiger partial charge >= 0.3 is 0 Å². The van der Waals surface area contributed by atoms with Gasteiger partial charge in [-0.2, -0.15) is 0 Å². The van der Waals surface area contributed by atoms with E-state index in [9.17, 15) is 4.79 Å². The summed E-state index contributed by atoms with van der Waals surface area (Å²) in [6, 6.07) is 2.29. The van der Waals surface area contributed by atoms with Crippen molar-refractivity contribution in [1.29, 1.82) is 0 Å². The molecule has 1 aromatic heterocycles. The van der Waals surface area contributed by atoms with Crippen molar-refractivity contribution in [2.45, 2.75) is 38.8 Å². The quantitative estimate of drug-likeness (QED) is 0.855. The lowest BCUT2D eigenvalue weighted by atomic mass is 10.0. The van der Waals surface area contributed by atoms with Gasteiger partial charge < -0.3 is 10.6 Å². The van der Waals surface area contributed by atoms with Gasteiger partial charge in [0.2, 0.25) is 5.91 Å². The standard InChI is InChI=1S/C12H18N2OS/c1-8(13)7-12(15)14-5-3-11-10(9(14)2)4-6-16-11/h4,6,8-9H,3,5,7,13H2,1-2H3. The second-order valence-corrected chi connectivity index (χ2v) is 5.49. The molecule has 2 rings (SSSR count). The van der Waals surface area contributed by atoms with Crippen LogP contribution in [0.5, 0.6) is 0 Å². The zero-order valence-corrected chi connectivity index (χ0v) is 10.6. The Morgan fingerprint density at radius 3 is 3.19 bits per heavy atom. The van der Waals surface area contributed by atoms with E-state index in [4.69, 9.17) is 5.73 Å². The maximum atomic E-state index is 12.0. The van der Waals surface area contributed by atoms with Crippen molar-refractivity contribution in [1.82, 2.24) is 4.90 Å². The molecule has 1 aliphatic rings. The fourth-order valence-electron chi connectivity index (χ4n) is 2.24. The molecule has 0 aliphatic carbocycles. The van der Waals surface area contributed by atoms with Crippen LogP contribution in [0.1, 0.15) is 36.8 Å². The molecular formula is C12H18N2OS. The number of thiophene rings is 1. The summed E-state index contributed by atoms with van der Waals surface area (Å²) in [5.74, 6) is 0.180. The van der Waals surface area contributed by atoms with Crippen molar-refractivity contribution in [3.8, 4) is 0 Å². The summed E-state index contributed by atoms with van der Waals surface area (Å²) in [4.78, 5) is 15.4. The average Bonchev–Trinajstić information content (AvgIpc) is 2.65. The summed E-state index contributed by atoms with van der Waals surface area (Å²) in [6.45, 7) is 4.81. The molecule has 0 aromatic carbocycles. The Kier molecular flexibility index (Phi) is 3.30. The third-order valence-electron chi connectivity index (χ3n) is 3.09. The maximum Gasteiger partial charge on any atom is 0.224 e. The van der Waals surface area contributed by atoms with Crippen LogP contribution in [0.2, 0.25) is 0 Å². The van der Waals surface area contributed by atoms with Crippen molar-refractivity contribution < 1.29 is 4.79 Å². The fraction of sp³-hybridized carbons (Fsp3) is 0.583. The summed E-state index contributed by atoms with van der Waals surface area (Å²) < 4.78 is 0. The summed E-state index contributed by atoms with van der Waals surface area (Å²) in [5, 5.41) is 2.11. The van der Waals surface area contributed by atoms with Crippen LogP contribution in [0.15, 0.2) is 11.4 Å². The molecule has 1 aromatic rings. The molecule has 0 saturated heterocycles. The van der Waals surface area contributed by atoms with E-state index in [0.29, 0.717) is 6.42 Å². The van der Waals surface area contributed by atoms with Gasteiger partial charge in [-0.1, -0.05) is 0 Å². The minimum atomic E-state index is -0.0522. The molecular weight excluding hydrogens is 220 g/mol. The van der Waals surface area contributed by atoms with E-state index in [1.807, 2.05) is 11.8 Å². The Labute approximate surface area is 100 Å². The summed E-state index contributed by atoms with van der Waals surface area (Å²) in [5.41, 5.74) is 6.99. The molecule has 0 fully saturated rings. The van der Waals surface area contributed by atoms with Crippen molar-refractivity contribution in [3.05, 3.63) is 21.9 Å². The van der Waals surface area contributed by atoms with Gasteiger partial charge in [0, 0.05) is 23.9 Å². The largest absolute Gasteiger partial charge is 0.335 e. The lowest BCUT2D eigenvalue weighted by Crippen LogP contribution is -2.40. The van der Waals surface area contributed by atoms with E-state index in [-0.39, 0.29) is 18.0 Å². The number of rotatable bonds is 2. The lowest BCUT2D eigenvalue weighted by Gasteiger charge is -2.34. The summed E-state index contributed by atoms with van der Waals surface area (Å²) in [6.07, 6.45) is 1.44. The Bertz CT molecular complexity index is 386. The first kappa shape index (κ1) is 11.6. The van der Waals surface area contributed by atoms with Crippen LogP contribution in [0.3, 0.4) is 0 Å². The van der Waals surface area contributed by atoms with Gasteiger partial charge in [0.25, 0.3) is 0 Å². The van der Waals surface area contributed by atoms with Crippen molar-refractivity contribution >= 4 is 17.2 Å². The minimum Gasteiger partial charge on any atom is -0.335 e. The van der Waals surface area contributed by atoms with Crippen molar-refractivity contribution in [2.75, 3.05) is 6.54 Å². The van der Waals surface area contributed by atoms with E-state index >= 15 is 0 Å². The van der Waals surface area contributed by atoms with Crippen LogP contribution in [-0.2, 0) is 11.2 Å². The second kappa shape index (κ2) is 4.55. The van der Waals surface area contributed by atoms with Gasteiger partial charge in [-0.25, -0.2) is 0 Å². The van der Waals surface area contributed by atoms with Crippen LogP contribution in [-0.4, -0.2) is 23.4 Å². The maximum absolute atomic E-state index is 12.0.